The van der Waals surface area contributed by atoms with Crippen LogP contribution in [0.4, 0.5) is 0 Å². The van der Waals surface area contributed by atoms with Crippen molar-refractivity contribution in [2.24, 2.45) is 0 Å². The fourth-order valence-corrected chi connectivity index (χ4v) is 3.70. The fraction of sp³-hybridized carbons (Fsp3) is 0.357. The zero-order valence-electron chi connectivity index (χ0n) is 22.3. The van der Waals surface area contributed by atoms with Gasteiger partial charge >= 0.3 is 23.9 Å². The molecule has 40 heavy (non-hydrogen) atoms. The summed E-state index contributed by atoms with van der Waals surface area (Å²) in [5.74, 6) is -2.69. The van der Waals surface area contributed by atoms with Gasteiger partial charge in [0.1, 0.15) is 5.69 Å². The third-order valence-electron chi connectivity index (χ3n) is 5.60. The molecule has 0 saturated heterocycles. The smallest absolute Gasteiger partial charge is 0.359 e. The Kier molecular flexibility index (Phi) is 10.9. The molecule has 0 saturated carbocycles. The first kappa shape index (κ1) is 30.0. The van der Waals surface area contributed by atoms with E-state index in [1.807, 2.05) is 13.8 Å². The number of nitrogens with zero attached hydrogens (tertiary/aromatic N) is 2. The lowest BCUT2D eigenvalue weighted by Gasteiger charge is -2.34. The zero-order chi connectivity index (χ0) is 29.0. The van der Waals surface area contributed by atoms with E-state index in [1.54, 1.807) is 36.4 Å². The molecule has 1 aliphatic heterocycles. The predicted octanol–water partition coefficient (Wildman–Crippen LogP) is 2.54. The standard InChI is InChI=1S/C28H31N3O9/c1-3-8-24(33)37-17-39-26(35)21-11-7-10-20(30-21)22-14-19(16-32)15-28(31-22,23-12-5-6-13-29-23)27(36)40-18-38-25(34)9-4-2/h5-7,10-15,31-32H,3-4,8-9,16-18H2,1-2H3. The second-order valence-corrected chi connectivity index (χ2v) is 8.62. The van der Waals surface area contributed by atoms with Gasteiger partial charge in [0.05, 0.1) is 23.7 Å². The Morgan fingerprint density at radius 3 is 2.23 bits per heavy atom. The average Bonchev–Trinajstić information content (AvgIpc) is 2.97. The lowest BCUT2D eigenvalue weighted by Crippen LogP contribution is -2.50. The highest BCUT2D eigenvalue weighted by atomic mass is 16.7. The summed E-state index contributed by atoms with van der Waals surface area (Å²) >= 11 is 0. The number of carbonyl (C=O) groups excluding carboxylic acids is 4. The van der Waals surface area contributed by atoms with Crippen LogP contribution in [0.25, 0.3) is 5.70 Å². The number of dihydropyridines is 1. The number of pyridine rings is 2. The Balaban J connectivity index is 1.87. The van der Waals surface area contributed by atoms with Crippen LogP contribution in [0.1, 0.15) is 61.4 Å². The minimum absolute atomic E-state index is 0.0827. The highest BCUT2D eigenvalue weighted by molar-refractivity contribution is 5.90. The average molecular weight is 554 g/mol. The molecular weight excluding hydrogens is 522 g/mol. The summed E-state index contributed by atoms with van der Waals surface area (Å²) in [6, 6.07) is 9.48. The van der Waals surface area contributed by atoms with Crippen molar-refractivity contribution in [1.82, 2.24) is 15.3 Å². The van der Waals surface area contributed by atoms with Gasteiger partial charge in [0.25, 0.3) is 0 Å². The van der Waals surface area contributed by atoms with Gasteiger partial charge in [0.2, 0.25) is 13.6 Å². The van der Waals surface area contributed by atoms with Gasteiger partial charge in [-0.05, 0) is 54.8 Å². The Morgan fingerprint density at radius 2 is 1.60 bits per heavy atom. The molecule has 1 atom stereocenters. The molecule has 2 aromatic rings. The van der Waals surface area contributed by atoms with Crippen molar-refractivity contribution < 1.29 is 43.2 Å². The number of aromatic nitrogens is 2. The van der Waals surface area contributed by atoms with E-state index in [2.05, 4.69) is 15.3 Å². The van der Waals surface area contributed by atoms with Crippen LogP contribution in [-0.4, -0.2) is 59.1 Å². The van der Waals surface area contributed by atoms with Gasteiger partial charge in [0.15, 0.2) is 5.54 Å². The summed E-state index contributed by atoms with van der Waals surface area (Å²) in [5.41, 5.74) is -0.745. The molecular formula is C28H31N3O9. The Morgan fingerprint density at radius 1 is 0.900 bits per heavy atom. The van der Waals surface area contributed by atoms with Gasteiger partial charge in [-0.15, -0.1) is 0 Å². The zero-order valence-corrected chi connectivity index (χ0v) is 22.3. The first-order valence-corrected chi connectivity index (χ1v) is 12.7. The minimum Gasteiger partial charge on any atom is -0.428 e. The molecule has 0 spiro atoms. The Bertz CT molecular complexity index is 1280. The fourth-order valence-electron chi connectivity index (χ4n) is 3.70. The van der Waals surface area contributed by atoms with Crippen LogP contribution in [-0.2, 0) is 38.9 Å². The van der Waals surface area contributed by atoms with Crippen molar-refractivity contribution in [2.45, 2.75) is 45.1 Å². The van der Waals surface area contributed by atoms with E-state index in [0.717, 1.165) is 0 Å². The third-order valence-corrected chi connectivity index (χ3v) is 5.60. The molecule has 0 fully saturated rings. The number of esters is 4. The summed E-state index contributed by atoms with van der Waals surface area (Å²) in [6.07, 6.45) is 6.05. The van der Waals surface area contributed by atoms with Gasteiger partial charge in [0, 0.05) is 19.0 Å². The second-order valence-electron chi connectivity index (χ2n) is 8.62. The summed E-state index contributed by atoms with van der Waals surface area (Å²) in [6.45, 7) is 2.02. The molecule has 1 unspecified atom stereocenters. The number of nitrogens with one attached hydrogen (secondary N) is 1. The summed E-state index contributed by atoms with van der Waals surface area (Å²) < 4.78 is 20.1. The van der Waals surface area contributed by atoms with E-state index < -0.39 is 49.6 Å². The van der Waals surface area contributed by atoms with Crippen LogP contribution >= 0.6 is 0 Å². The molecule has 0 bridgehead atoms. The van der Waals surface area contributed by atoms with Crippen LogP contribution in [0.5, 0.6) is 0 Å². The van der Waals surface area contributed by atoms with Crippen LogP contribution in [0.15, 0.2) is 60.3 Å². The van der Waals surface area contributed by atoms with E-state index in [-0.39, 0.29) is 35.6 Å². The van der Waals surface area contributed by atoms with Crippen molar-refractivity contribution in [3.63, 3.8) is 0 Å². The van der Waals surface area contributed by atoms with E-state index in [0.29, 0.717) is 18.4 Å². The molecule has 0 aromatic carbocycles. The van der Waals surface area contributed by atoms with Crippen LogP contribution in [0.3, 0.4) is 0 Å². The maximum Gasteiger partial charge on any atom is 0.359 e. The third kappa shape index (κ3) is 7.73. The summed E-state index contributed by atoms with van der Waals surface area (Å²) in [5, 5.41) is 13.1. The maximum atomic E-state index is 13.5. The molecule has 0 radical (unpaired) electrons. The van der Waals surface area contributed by atoms with Crippen LogP contribution < -0.4 is 5.32 Å². The van der Waals surface area contributed by atoms with Gasteiger partial charge in [-0.3, -0.25) is 14.6 Å². The molecule has 0 aliphatic carbocycles. The number of hydrogen-bond donors (Lipinski definition) is 2. The highest BCUT2D eigenvalue weighted by Gasteiger charge is 2.44. The van der Waals surface area contributed by atoms with Crippen molar-refractivity contribution in [3.8, 4) is 0 Å². The topological polar surface area (TPSA) is 163 Å². The SMILES string of the molecule is CCCC(=O)OCOC(=O)c1cccc(C2=CC(CO)=CC(C(=O)OCOC(=O)CCC)(c3ccccn3)N2)n1. The largest absolute Gasteiger partial charge is 0.428 e. The normalized spacial score (nSPS) is 16.1. The van der Waals surface area contributed by atoms with Crippen molar-refractivity contribution in [1.29, 1.82) is 0 Å². The van der Waals surface area contributed by atoms with Crippen LogP contribution in [0, 0.1) is 0 Å². The van der Waals surface area contributed by atoms with Gasteiger partial charge in [-0.25, -0.2) is 14.6 Å². The molecule has 2 N–H and O–H groups in total. The van der Waals surface area contributed by atoms with E-state index in [9.17, 15) is 24.3 Å². The second kappa shape index (κ2) is 14.5. The number of carbonyl (C=O) groups is 4. The lowest BCUT2D eigenvalue weighted by molar-refractivity contribution is -0.171. The first-order chi connectivity index (χ1) is 19.3. The molecule has 12 nitrogen and oxygen atoms in total. The van der Waals surface area contributed by atoms with Crippen molar-refractivity contribution >= 4 is 29.6 Å². The molecule has 0 amide bonds. The summed E-state index contributed by atoms with van der Waals surface area (Å²) in [4.78, 5) is 57.9. The van der Waals surface area contributed by atoms with E-state index >= 15 is 0 Å². The molecule has 1 aliphatic rings. The maximum absolute atomic E-state index is 13.5. The van der Waals surface area contributed by atoms with Gasteiger partial charge in [-0.1, -0.05) is 26.0 Å². The number of hydrogen-bond acceptors (Lipinski definition) is 12. The molecule has 3 rings (SSSR count). The van der Waals surface area contributed by atoms with Gasteiger partial charge in [-0.2, -0.15) is 0 Å². The number of rotatable bonds is 13. The predicted molar refractivity (Wildman–Crippen MR) is 140 cm³/mol. The lowest BCUT2D eigenvalue weighted by atomic mass is 9.87. The molecule has 212 valence electrons. The minimum atomic E-state index is -1.73. The molecule has 2 aromatic heterocycles. The molecule has 3 heterocycles. The molecule has 12 heteroatoms. The first-order valence-electron chi connectivity index (χ1n) is 12.7. The number of aliphatic hydroxyl groups is 1. The Labute approximate surface area is 231 Å². The Hall–Kier alpha value is -4.58. The van der Waals surface area contributed by atoms with E-state index in [4.69, 9.17) is 18.9 Å². The quantitative estimate of drug-likeness (QED) is 0.276. The van der Waals surface area contributed by atoms with Crippen molar-refractivity contribution in [2.75, 3.05) is 20.2 Å². The van der Waals surface area contributed by atoms with Gasteiger partial charge < -0.3 is 29.4 Å². The van der Waals surface area contributed by atoms with Crippen molar-refractivity contribution in [3.05, 3.63) is 77.4 Å². The van der Waals surface area contributed by atoms with E-state index in [1.165, 1.54) is 18.3 Å². The highest BCUT2D eigenvalue weighted by Crippen LogP contribution is 2.32. The summed E-state index contributed by atoms with van der Waals surface area (Å²) in [7, 11) is 0. The van der Waals surface area contributed by atoms with Crippen LogP contribution in [0.2, 0.25) is 0 Å². The monoisotopic (exact) mass is 553 g/mol. The number of ether oxygens (including phenoxy) is 4. The number of aliphatic hydroxyl groups excluding tert-OH is 1.